The molecule has 3 atom stereocenters. The smallest absolute Gasteiger partial charge is 0.305 e. The van der Waals surface area contributed by atoms with Crippen LogP contribution in [0.5, 0.6) is 0 Å². The molecular weight excluding hydrogens is 324 g/mol. The van der Waals surface area contributed by atoms with Crippen molar-refractivity contribution >= 4 is 17.8 Å². The van der Waals surface area contributed by atoms with E-state index in [1.54, 1.807) is 13.8 Å². The van der Waals surface area contributed by atoms with Crippen LogP contribution in [-0.4, -0.2) is 48.2 Å². The quantitative estimate of drug-likeness (QED) is 0.517. The van der Waals surface area contributed by atoms with E-state index in [9.17, 15) is 14.4 Å². The fraction of sp³-hybridized carbons (Fsp3) is 0.722. The second-order valence-corrected chi connectivity index (χ2v) is 6.60. The molecular formula is C18H30N2O5. The molecule has 3 N–H and O–H groups in total. The Morgan fingerprint density at radius 2 is 2.16 bits per heavy atom. The molecule has 0 aliphatic carbocycles. The number of cyclic esters (lactones) is 1. The topological polar surface area (TPSA) is 105 Å². The van der Waals surface area contributed by atoms with E-state index in [0.717, 1.165) is 19.3 Å². The fourth-order valence-electron chi connectivity index (χ4n) is 2.49. The molecule has 0 aromatic carbocycles. The van der Waals surface area contributed by atoms with Crippen LogP contribution in [-0.2, 0) is 19.1 Å². The molecule has 1 heterocycles. The molecule has 1 rings (SSSR count). The minimum absolute atomic E-state index is 0.0486. The number of aliphatic hydroxyl groups excluding tert-OH is 1. The van der Waals surface area contributed by atoms with E-state index in [-0.39, 0.29) is 49.5 Å². The second kappa shape index (κ2) is 11.6. The van der Waals surface area contributed by atoms with Crippen LogP contribution >= 0.6 is 0 Å². The van der Waals surface area contributed by atoms with Gasteiger partial charge in [-0.2, -0.15) is 0 Å². The summed E-state index contributed by atoms with van der Waals surface area (Å²) in [5.41, 5.74) is 0. The number of carbonyl (C=O) groups excluding carboxylic acids is 3. The van der Waals surface area contributed by atoms with Crippen LogP contribution in [0.1, 0.15) is 52.4 Å². The third-order valence-corrected chi connectivity index (χ3v) is 3.96. The number of ether oxygens (including phenoxy) is 1. The summed E-state index contributed by atoms with van der Waals surface area (Å²) >= 11 is 0. The van der Waals surface area contributed by atoms with Crippen molar-refractivity contribution < 1.29 is 24.2 Å². The standard InChI is InChI=1S/C18H30N2O5/c1-13(11-21)19-16(22)10-15-8-6-4-3-5-7-9-17(23)25-12-14(2)20-18(15)24/h4,6,13-15,21H,3,5,7-12H2,1-2H3,(H,19,22)(H,20,24). The average molecular weight is 354 g/mol. The van der Waals surface area contributed by atoms with Gasteiger partial charge in [-0.05, 0) is 39.5 Å². The lowest BCUT2D eigenvalue weighted by Crippen LogP contribution is -2.42. The van der Waals surface area contributed by atoms with Crippen LogP contribution in [0.2, 0.25) is 0 Å². The van der Waals surface area contributed by atoms with E-state index in [4.69, 9.17) is 9.84 Å². The van der Waals surface area contributed by atoms with Gasteiger partial charge in [-0.3, -0.25) is 14.4 Å². The summed E-state index contributed by atoms with van der Waals surface area (Å²) in [6.45, 7) is 3.44. The largest absolute Gasteiger partial charge is 0.464 e. The van der Waals surface area contributed by atoms with Gasteiger partial charge in [0.05, 0.1) is 18.6 Å². The van der Waals surface area contributed by atoms with Gasteiger partial charge in [0, 0.05) is 18.9 Å². The van der Waals surface area contributed by atoms with Gasteiger partial charge < -0.3 is 20.5 Å². The summed E-state index contributed by atoms with van der Waals surface area (Å²) < 4.78 is 5.15. The lowest BCUT2D eigenvalue weighted by atomic mass is 9.98. The van der Waals surface area contributed by atoms with E-state index >= 15 is 0 Å². The van der Waals surface area contributed by atoms with Crippen molar-refractivity contribution in [1.29, 1.82) is 0 Å². The van der Waals surface area contributed by atoms with Gasteiger partial charge in [0.1, 0.15) is 6.61 Å². The van der Waals surface area contributed by atoms with E-state index in [0.29, 0.717) is 12.8 Å². The van der Waals surface area contributed by atoms with Gasteiger partial charge in [-0.25, -0.2) is 0 Å². The zero-order chi connectivity index (χ0) is 18.7. The van der Waals surface area contributed by atoms with Crippen LogP contribution in [0.3, 0.4) is 0 Å². The Hall–Kier alpha value is -1.89. The number of hydrogen-bond donors (Lipinski definition) is 3. The molecule has 0 aromatic heterocycles. The Bertz CT molecular complexity index is 478. The fourth-order valence-corrected chi connectivity index (χ4v) is 2.49. The van der Waals surface area contributed by atoms with E-state index in [2.05, 4.69) is 10.6 Å². The van der Waals surface area contributed by atoms with E-state index in [1.807, 2.05) is 12.2 Å². The third-order valence-electron chi connectivity index (χ3n) is 3.96. The maximum absolute atomic E-state index is 12.5. The Morgan fingerprint density at radius 1 is 1.40 bits per heavy atom. The normalized spacial score (nSPS) is 24.6. The second-order valence-electron chi connectivity index (χ2n) is 6.60. The zero-order valence-corrected chi connectivity index (χ0v) is 15.1. The predicted octanol–water partition coefficient (Wildman–Crippen LogP) is 1.06. The Balaban J connectivity index is 2.70. The summed E-state index contributed by atoms with van der Waals surface area (Å²) in [5.74, 6) is -1.26. The molecule has 0 bridgehead atoms. The van der Waals surface area contributed by atoms with Crippen LogP contribution in [0, 0.1) is 5.92 Å². The predicted molar refractivity (Wildman–Crippen MR) is 93.6 cm³/mol. The summed E-state index contributed by atoms with van der Waals surface area (Å²) in [7, 11) is 0. The maximum Gasteiger partial charge on any atom is 0.305 e. The molecule has 3 unspecified atom stereocenters. The number of amides is 2. The van der Waals surface area contributed by atoms with Gasteiger partial charge in [0.2, 0.25) is 11.8 Å². The molecule has 0 fully saturated rings. The molecule has 0 saturated heterocycles. The highest BCUT2D eigenvalue weighted by molar-refractivity contribution is 5.86. The van der Waals surface area contributed by atoms with Crippen molar-refractivity contribution in [2.24, 2.45) is 5.92 Å². The summed E-state index contributed by atoms with van der Waals surface area (Å²) in [6.07, 6.45) is 7.29. The number of rotatable bonds is 4. The summed E-state index contributed by atoms with van der Waals surface area (Å²) in [5, 5.41) is 14.5. The van der Waals surface area contributed by atoms with Gasteiger partial charge in [0.25, 0.3) is 0 Å². The lowest BCUT2D eigenvalue weighted by molar-refractivity contribution is -0.145. The molecule has 1 aliphatic rings. The van der Waals surface area contributed by atoms with Crippen molar-refractivity contribution in [3.8, 4) is 0 Å². The number of hydrogen-bond acceptors (Lipinski definition) is 5. The first-order chi connectivity index (χ1) is 11.9. The summed E-state index contributed by atoms with van der Waals surface area (Å²) in [6, 6.07) is -0.659. The molecule has 142 valence electrons. The Morgan fingerprint density at radius 3 is 2.88 bits per heavy atom. The highest BCUT2D eigenvalue weighted by atomic mass is 16.5. The number of esters is 1. The van der Waals surface area contributed by atoms with Gasteiger partial charge in [-0.1, -0.05) is 12.2 Å². The van der Waals surface area contributed by atoms with Crippen molar-refractivity contribution in [2.75, 3.05) is 13.2 Å². The average Bonchev–Trinajstić information content (AvgIpc) is 2.57. The van der Waals surface area contributed by atoms with Crippen molar-refractivity contribution in [1.82, 2.24) is 10.6 Å². The molecule has 0 spiro atoms. The van der Waals surface area contributed by atoms with Crippen LogP contribution in [0.25, 0.3) is 0 Å². The number of nitrogens with one attached hydrogen (secondary N) is 2. The van der Waals surface area contributed by atoms with Crippen LogP contribution in [0.4, 0.5) is 0 Å². The third kappa shape index (κ3) is 9.24. The molecule has 2 amide bonds. The van der Waals surface area contributed by atoms with Crippen molar-refractivity contribution in [3.63, 3.8) is 0 Å². The zero-order valence-electron chi connectivity index (χ0n) is 15.1. The first-order valence-corrected chi connectivity index (χ1v) is 8.93. The van der Waals surface area contributed by atoms with Gasteiger partial charge >= 0.3 is 5.97 Å². The number of aliphatic hydroxyl groups is 1. The van der Waals surface area contributed by atoms with E-state index in [1.165, 1.54) is 0 Å². The monoisotopic (exact) mass is 354 g/mol. The van der Waals surface area contributed by atoms with Gasteiger partial charge in [-0.15, -0.1) is 0 Å². The van der Waals surface area contributed by atoms with Crippen molar-refractivity contribution in [2.45, 2.75) is 64.5 Å². The minimum atomic E-state index is -0.497. The van der Waals surface area contributed by atoms with Crippen molar-refractivity contribution in [3.05, 3.63) is 12.2 Å². The van der Waals surface area contributed by atoms with Crippen LogP contribution in [0.15, 0.2) is 12.2 Å². The highest BCUT2D eigenvalue weighted by Gasteiger charge is 2.23. The molecule has 25 heavy (non-hydrogen) atoms. The molecule has 0 aromatic rings. The molecule has 1 aliphatic heterocycles. The SMILES string of the molecule is CC(CO)NC(=O)CC1CC=CCCCCC(=O)OCC(C)NC1=O. The first kappa shape index (κ1) is 21.2. The maximum atomic E-state index is 12.5. The molecule has 0 saturated carbocycles. The summed E-state index contributed by atoms with van der Waals surface area (Å²) in [4.78, 5) is 36.1. The molecule has 7 heteroatoms. The molecule has 7 nitrogen and oxygen atoms in total. The van der Waals surface area contributed by atoms with Crippen LogP contribution < -0.4 is 10.6 Å². The number of carbonyl (C=O) groups is 3. The Labute approximate surface area is 149 Å². The lowest BCUT2D eigenvalue weighted by Gasteiger charge is -2.20. The van der Waals surface area contributed by atoms with E-state index < -0.39 is 5.92 Å². The Kier molecular flexibility index (Phi) is 9.84. The molecule has 0 radical (unpaired) electrons. The minimum Gasteiger partial charge on any atom is -0.464 e. The van der Waals surface area contributed by atoms with Gasteiger partial charge in [0.15, 0.2) is 0 Å². The highest BCUT2D eigenvalue weighted by Crippen LogP contribution is 2.13. The number of allylic oxidation sites excluding steroid dienone is 2. The first-order valence-electron chi connectivity index (χ1n) is 8.93.